The number of aromatic nitrogens is 1. The van der Waals surface area contributed by atoms with Crippen LogP contribution >= 0.6 is 0 Å². The van der Waals surface area contributed by atoms with E-state index in [0.717, 1.165) is 6.20 Å². The topological polar surface area (TPSA) is 48.4 Å². The molecule has 0 amide bonds. The van der Waals surface area contributed by atoms with Gasteiger partial charge in [0.25, 0.3) is 0 Å². The first-order valence-corrected chi connectivity index (χ1v) is 8.27. The van der Waals surface area contributed by atoms with Crippen molar-refractivity contribution in [3.05, 3.63) is 53.7 Å². The van der Waals surface area contributed by atoms with Crippen molar-refractivity contribution in [1.29, 1.82) is 0 Å². The number of nitrogens with zero attached hydrogens (tertiary/aromatic N) is 1. The van der Waals surface area contributed by atoms with E-state index < -0.39 is 35.5 Å². The molecule has 0 saturated heterocycles. The van der Waals surface area contributed by atoms with Crippen molar-refractivity contribution in [2.75, 3.05) is 6.61 Å². The molecule has 0 aliphatic heterocycles. The fourth-order valence-corrected chi connectivity index (χ4v) is 2.19. The molecule has 1 aromatic carbocycles. The van der Waals surface area contributed by atoms with Crippen LogP contribution in [0.1, 0.15) is 22.8 Å². The van der Waals surface area contributed by atoms with Crippen LogP contribution < -0.4 is 4.74 Å². The van der Waals surface area contributed by atoms with Crippen LogP contribution in [0.5, 0.6) is 11.6 Å². The molecule has 0 atom stereocenters. The third-order valence-electron chi connectivity index (χ3n) is 3.83. The number of hydrogen-bond donors (Lipinski definition) is 0. The molecule has 4 nitrogen and oxygen atoms in total. The molecule has 0 fully saturated rings. The van der Waals surface area contributed by atoms with Crippen LogP contribution in [-0.4, -0.2) is 35.6 Å². The van der Waals surface area contributed by atoms with Crippen LogP contribution in [0.15, 0.2) is 42.6 Å². The smallest absolute Gasteiger partial charge is 0.460 e. The number of pyridine rings is 1. The van der Waals surface area contributed by atoms with Gasteiger partial charge in [0, 0.05) is 17.8 Å². The molecule has 0 aliphatic rings. The highest BCUT2D eigenvalue weighted by Crippen LogP contribution is 2.56. The third-order valence-corrected chi connectivity index (χ3v) is 3.83. The van der Waals surface area contributed by atoms with Crippen molar-refractivity contribution in [2.24, 2.45) is 0 Å². The van der Waals surface area contributed by atoms with Gasteiger partial charge < -0.3 is 9.47 Å². The van der Waals surface area contributed by atoms with Crippen molar-refractivity contribution >= 4 is 5.97 Å². The molecule has 170 valence electrons. The van der Waals surface area contributed by atoms with Crippen molar-refractivity contribution < 1.29 is 53.8 Å². The maximum atomic E-state index is 13.9. The van der Waals surface area contributed by atoms with E-state index in [4.69, 9.17) is 9.47 Å². The quantitative estimate of drug-likeness (QED) is 0.376. The first-order valence-electron chi connectivity index (χ1n) is 8.27. The average molecular weight is 461 g/mol. The second-order valence-electron chi connectivity index (χ2n) is 5.95. The van der Waals surface area contributed by atoms with Gasteiger partial charge in [0.2, 0.25) is 5.88 Å². The van der Waals surface area contributed by atoms with Gasteiger partial charge in [0.1, 0.15) is 5.75 Å². The summed E-state index contributed by atoms with van der Waals surface area (Å²) in [5.41, 5.74) is -1.73. The highest BCUT2D eigenvalue weighted by molar-refractivity contribution is 5.89. The molecule has 0 unspecified atom stereocenters. The number of carbonyl (C=O) groups is 1. The predicted molar refractivity (Wildman–Crippen MR) is 86.6 cm³/mol. The minimum Gasteiger partial charge on any atom is -0.462 e. The summed E-state index contributed by atoms with van der Waals surface area (Å²) in [7, 11) is 0. The number of ether oxygens (including phenoxy) is 2. The van der Waals surface area contributed by atoms with Gasteiger partial charge in [-0.05, 0) is 37.3 Å². The molecule has 0 N–H and O–H groups in total. The van der Waals surface area contributed by atoms with E-state index in [0.29, 0.717) is 12.1 Å². The van der Waals surface area contributed by atoms with Crippen LogP contribution in [0, 0.1) is 0 Å². The molecule has 0 aliphatic carbocycles. The molecule has 0 spiro atoms. The first-order chi connectivity index (χ1) is 14.1. The molecule has 1 aromatic heterocycles. The summed E-state index contributed by atoms with van der Waals surface area (Å²) >= 11 is 0. The summed E-state index contributed by atoms with van der Waals surface area (Å²) in [6.45, 7) is 1.69. The third kappa shape index (κ3) is 4.54. The van der Waals surface area contributed by atoms with Crippen molar-refractivity contribution in [3.8, 4) is 11.6 Å². The Morgan fingerprint density at radius 3 is 1.90 bits per heavy atom. The maximum Gasteiger partial charge on any atom is 0.460 e. The molecule has 13 heteroatoms. The Balaban J connectivity index is 2.22. The number of esters is 1. The Morgan fingerprint density at radius 2 is 1.45 bits per heavy atom. The summed E-state index contributed by atoms with van der Waals surface area (Å²) < 4.78 is 127. The molecule has 2 aromatic rings. The number of hydrogen-bond acceptors (Lipinski definition) is 4. The summed E-state index contributed by atoms with van der Waals surface area (Å²) in [6, 6.07) is 4.15. The zero-order valence-corrected chi connectivity index (χ0v) is 15.3. The van der Waals surface area contributed by atoms with Gasteiger partial charge in [-0.2, -0.15) is 39.5 Å². The van der Waals surface area contributed by atoms with E-state index >= 15 is 0 Å². The van der Waals surface area contributed by atoms with E-state index in [1.165, 1.54) is 12.1 Å². The van der Waals surface area contributed by atoms with Crippen LogP contribution in [-0.2, 0) is 10.7 Å². The molecule has 1 heterocycles. The predicted octanol–water partition coefficient (Wildman–Crippen LogP) is 5.98. The largest absolute Gasteiger partial charge is 0.462 e. The van der Waals surface area contributed by atoms with Gasteiger partial charge in [0.05, 0.1) is 12.2 Å². The van der Waals surface area contributed by atoms with Gasteiger partial charge in [-0.3, -0.25) is 0 Å². The normalized spacial score (nSPS) is 13.1. The van der Waals surface area contributed by atoms with Gasteiger partial charge >= 0.3 is 29.9 Å². The highest BCUT2D eigenvalue weighted by Gasteiger charge is 2.82. The average Bonchev–Trinajstić information content (AvgIpc) is 2.68. The van der Waals surface area contributed by atoms with Crippen molar-refractivity contribution in [2.45, 2.75) is 30.9 Å². The molecule has 0 radical (unpaired) electrons. The molecular formula is C18H12F9NO3. The Labute approximate surface area is 168 Å². The number of rotatable bonds is 7. The van der Waals surface area contributed by atoms with Crippen LogP contribution in [0.2, 0.25) is 0 Å². The van der Waals surface area contributed by atoms with E-state index in [2.05, 4.69) is 4.98 Å². The van der Waals surface area contributed by atoms with Crippen LogP contribution in [0.3, 0.4) is 0 Å². The summed E-state index contributed by atoms with van der Waals surface area (Å²) in [4.78, 5) is 15.2. The van der Waals surface area contributed by atoms with E-state index in [9.17, 15) is 44.3 Å². The molecule has 0 saturated carbocycles. The lowest BCUT2D eigenvalue weighted by Gasteiger charge is -2.33. The number of benzene rings is 1. The van der Waals surface area contributed by atoms with Crippen molar-refractivity contribution in [1.82, 2.24) is 4.98 Å². The number of carbonyl (C=O) groups excluding carboxylic acids is 1. The standard InChI is InChI=1S/C18H12F9NO3/c1-2-30-14(29)10-3-8-13(28-9-10)31-12-6-4-11(5-7-12)15(19,20)16(21,22)17(23,24)18(25,26)27/h3-9H,2H2,1H3. The molecule has 2 rings (SSSR count). The fourth-order valence-electron chi connectivity index (χ4n) is 2.19. The Hall–Kier alpha value is -2.99. The molecular weight excluding hydrogens is 449 g/mol. The molecule has 0 bridgehead atoms. The second kappa shape index (κ2) is 8.27. The highest BCUT2D eigenvalue weighted by atomic mass is 19.4. The van der Waals surface area contributed by atoms with Crippen LogP contribution in [0.25, 0.3) is 0 Å². The second-order valence-corrected chi connectivity index (χ2v) is 5.95. The summed E-state index contributed by atoms with van der Waals surface area (Å²) in [5, 5.41) is 0. The van der Waals surface area contributed by atoms with Gasteiger partial charge in [-0.15, -0.1) is 0 Å². The van der Waals surface area contributed by atoms with Gasteiger partial charge in [-0.25, -0.2) is 9.78 Å². The lowest BCUT2D eigenvalue weighted by atomic mass is 9.97. The van der Waals surface area contributed by atoms with Gasteiger partial charge in [-0.1, -0.05) is 0 Å². The van der Waals surface area contributed by atoms with E-state index in [-0.39, 0.29) is 35.9 Å². The number of halogens is 9. The number of alkyl halides is 9. The molecule has 31 heavy (non-hydrogen) atoms. The summed E-state index contributed by atoms with van der Waals surface area (Å²) in [5.74, 6) is -20.7. The lowest BCUT2D eigenvalue weighted by molar-refractivity contribution is -0.399. The van der Waals surface area contributed by atoms with E-state index in [1.54, 1.807) is 6.92 Å². The summed E-state index contributed by atoms with van der Waals surface area (Å²) in [6.07, 6.45) is -5.83. The van der Waals surface area contributed by atoms with Crippen molar-refractivity contribution in [3.63, 3.8) is 0 Å². The zero-order valence-electron chi connectivity index (χ0n) is 15.3. The Bertz CT molecular complexity index is 910. The minimum absolute atomic E-state index is 0.0667. The zero-order chi connectivity index (χ0) is 23.7. The van der Waals surface area contributed by atoms with Gasteiger partial charge in [0.15, 0.2) is 0 Å². The fraction of sp³-hybridized carbons (Fsp3) is 0.333. The first kappa shape index (κ1) is 24.3. The monoisotopic (exact) mass is 461 g/mol. The van der Waals surface area contributed by atoms with Crippen LogP contribution in [0.4, 0.5) is 39.5 Å². The maximum absolute atomic E-state index is 13.9. The Morgan fingerprint density at radius 1 is 0.871 bits per heavy atom. The minimum atomic E-state index is -6.98. The SMILES string of the molecule is CCOC(=O)c1ccc(Oc2ccc(C(F)(F)C(F)(F)C(F)(F)C(F)(F)F)cc2)nc1. The lowest BCUT2D eigenvalue weighted by Crippen LogP contribution is -2.59. The van der Waals surface area contributed by atoms with E-state index in [1.807, 2.05) is 0 Å². The Kier molecular flexibility index (Phi) is 6.48.